The van der Waals surface area contributed by atoms with E-state index in [0.717, 1.165) is 30.0 Å². The summed E-state index contributed by atoms with van der Waals surface area (Å²) in [6.07, 6.45) is -1.17. The number of aliphatic carboxylic acids is 1. The highest BCUT2D eigenvalue weighted by molar-refractivity contribution is 8.26. The number of amides is 1. The molecule has 1 aromatic carbocycles. The Morgan fingerprint density at radius 3 is 2.66 bits per heavy atom. The van der Waals surface area contributed by atoms with Crippen LogP contribution in [0.25, 0.3) is 17.4 Å². The molecule has 0 unspecified atom stereocenters. The van der Waals surface area contributed by atoms with Crippen molar-refractivity contribution in [3.8, 4) is 11.3 Å². The van der Waals surface area contributed by atoms with Crippen molar-refractivity contribution in [1.29, 1.82) is 0 Å². The third kappa shape index (κ3) is 5.93. The number of nitrogens with zero attached hydrogens (tertiary/aromatic N) is 1. The quantitative estimate of drug-likeness (QED) is 0.253. The van der Waals surface area contributed by atoms with Gasteiger partial charge in [-0.05, 0) is 43.2 Å². The maximum absolute atomic E-state index is 13.0. The standard InChI is InChI=1S/C21H17ClF3NO4S2/c22-15-7-5-12(21(23,24)25)10-14(15)16-8-6-13(30-16)11-17-19(29)26(20(31)32-17)9-3-1-2-4-18(27)28/h5-8,10-11H,1-4,9H2,(H,27,28)/b17-11+. The minimum Gasteiger partial charge on any atom is -0.481 e. The van der Waals surface area contributed by atoms with Crippen LogP contribution in [0.3, 0.4) is 0 Å². The number of thiocarbonyl (C=S) groups is 1. The Morgan fingerprint density at radius 1 is 1.22 bits per heavy atom. The number of carbonyl (C=O) groups excluding carboxylic acids is 1. The SMILES string of the molecule is O=C(O)CCCCCN1C(=O)/C(=C\c2ccc(-c3cc(C(F)(F)F)ccc3Cl)o2)SC1=S. The molecule has 0 saturated carbocycles. The van der Waals surface area contributed by atoms with Crippen LogP contribution in [0.5, 0.6) is 0 Å². The average molecular weight is 504 g/mol. The van der Waals surface area contributed by atoms with Gasteiger partial charge >= 0.3 is 12.1 Å². The summed E-state index contributed by atoms with van der Waals surface area (Å²) in [4.78, 5) is 25.0. The zero-order valence-electron chi connectivity index (χ0n) is 16.4. The van der Waals surface area contributed by atoms with Crippen LogP contribution >= 0.6 is 35.6 Å². The van der Waals surface area contributed by atoms with Crippen molar-refractivity contribution in [3.05, 3.63) is 51.6 Å². The van der Waals surface area contributed by atoms with Crippen LogP contribution in [0, 0.1) is 0 Å². The molecule has 1 amide bonds. The summed E-state index contributed by atoms with van der Waals surface area (Å²) < 4.78 is 45.0. The van der Waals surface area contributed by atoms with Gasteiger partial charge in [0, 0.05) is 24.6 Å². The number of carboxylic acids is 1. The van der Waals surface area contributed by atoms with Crippen molar-refractivity contribution in [1.82, 2.24) is 4.90 Å². The Kier molecular flexibility index (Phi) is 7.68. The van der Waals surface area contributed by atoms with E-state index in [-0.39, 0.29) is 34.4 Å². The number of unbranched alkanes of at least 4 members (excludes halogenated alkanes) is 2. The number of halogens is 4. The van der Waals surface area contributed by atoms with Crippen molar-refractivity contribution < 1.29 is 32.3 Å². The molecule has 2 heterocycles. The highest BCUT2D eigenvalue weighted by Crippen LogP contribution is 2.38. The second-order valence-corrected chi connectivity index (χ2v) is 9.02. The van der Waals surface area contributed by atoms with Gasteiger partial charge in [0.15, 0.2) is 0 Å². The molecule has 1 aliphatic rings. The van der Waals surface area contributed by atoms with Crippen LogP contribution in [0.1, 0.15) is 37.0 Å². The molecule has 2 aromatic rings. The van der Waals surface area contributed by atoms with E-state index in [2.05, 4.69) is 0 Å². The number of carboxylic acid groups (broad SMARTS) is 1. The fraction of sp³-hybridized carbons (Fsp3) is 0.286. The fourth-order valence-corrected chi connectivity index (χ4v) is 4.51. The zero-order valence-corrected chi connectivity index (χ0v) is 18.8. The van der Waals surface area contributed by atoms with Crippen molar-refractivity contribution >= 4 is 57.9 Å². The summed E-state index contributed by atoms with van der Waals surface area (Å²) in [6.45, 7) is 0.380. The van der Waals surface area contributed by atoms with E-state index in [1.807, 2.05) is 0 Å². The Labute approximate surface area is 196 Å². The second kappa shape index (κ2) is 10.1. The van der Waals surface area contributed by atoms with Gasteiger partial charge in [-0.3, -0.25) is 14.5 Å². The normalized spacial score (nSPS) is 15.8. The number of benzene rings is 1. The van der Waals surface area contributed by atoms with Gasteiger partial charge in [-0.25, -0.2) is 0 Å². The number of rotatable bonds is 8. The van der Waals surface area contributed by atoms with Gasteiger partial charge in [-0.2, -0.15) is 13.2 Å². The lowest BCUT2D eigenvalue weighted by atomic mass is 10.1. The lowest BCUT2D eigenvalue weighted by Crippen LogP contribution is -2.29. The summed E-state index contributed by atoms with van der Waals surface area (Å²) in [5.74, 6) is -0.743. The third-order valence-corrected chi connectivity index (χ3v) is 6.31. The first-order chi connectivity index (χ1) is 15.1. The molecule has 1 N–H and O–H groups in total. The molecule has 32 heavy (non-hydrogen) atoms. The number of hydrogen-bond acceptors (Lipinski definition) is 5. The first-order valence-electron chi connectivity index (χ1n) is 9.50. The molecule has 1 aliphatic heterocycles. The molecule has 0 radical (unpaired) electrons. The highest BCUT2D eigenvalue weighted by Gasteiger charge is 2.33. The second-order valence-electron chi connectivity index (χ2n) is 6.93. The van der Waals surface area contributed by atoms with Crippen molar-refractivity contribution in [2.24, 2.45) is 0 Å². The first-order valence-corrected chi connectivity index (χ1v) is 11.1. The molecule has 5 nitrogen and oxygen atoms in total. The van der Waals surface area contributed by atoms with Crippen LogP contribution in [0.4, 0.5) is 13.2 Å². The Morgan fingerprint density at radius 2 is 1.97 bits per heavy atom. The van der Waals surface area contributed by atoms with Gasteiger partial charge < -0.3 is 9.52 Å². The van der Waals surface area contributed by atoms with Crippen molar-refractivity contribution in [2.45, 2.75) is 31.9 Å². The number of carbonyl (C=O) groups is 2. The summed E-state index contributed by atoms with van der Waals surface area (Å²) >= 11 is 12.4. The summed E-state index contributed by atoms with van der Waals surface area (Å²) in [5.41, 5.74) is -0.755. The predicted molar refractivity (Wildman–Crippen MR) is 120 cm³/mol. The largest absolute Gasteiger partial charge is 0.481 e. The summed E-state index contributed by atoms with van der Waals surface area (Å²) in [5, 5.41) is 8.76. The third-order valence-electron chi connectivity index (χ3n) is 4.61. The first kappa shape index (κ1) is 24.3. The number of furan rings is 1. The average Bonchev–Trinajstić information content (AvgIpc) is 3.26. The van der Waals surface area contributed by atoms with Crippen molar-refractivity contribution in [2.75, 3.05) is 6.54 Å². The zero-order chi connectivity index (χ0) is 23.5. The lowest BCUT2D eigenvalue weighted by molar-refractivity contribution is -0.138. The molecule has 0 bridgehead atoms. The minimum absolute atomic E-state index is 0.0784. The molecule has 0 aliphatic carbocycles. The van der Waals surface area contributed by atoms with Crippen LogP contribution in [-0.2, 0) is 15.8 Å². The van der Waals surface area contributed by atoms with E-state index in [0.29, 0.717) is 35.0 Å². The van der Waals surface area contributed by atoms with E-state index in [1.54, 1.807) is 0 Å². The fourth-order valence-electron chi connectivity index (χ4n) is 3.01. The molecule has 0 spiro atoms. The Hall–Kier alpha value is -2.30. The summed E-state index contributed by atoms with van der Waals surface area (Å²) in [7, 11) is 0. The number of thioether (sulfide) groups is 1. The number of hydrogen-bond donors (Lipinski definition) is 1. The van der Waals surface area contributed by atoms with Crippen LogP contribution < -0.4 is 0 Å². The minimum atomic E-state index is -4.52. The Bertz CT molecular complexity index is 1080. The van der Waals surface area contributed by atoms with Crippen LogP contribution in [0.2, 0.25) is 5.02 Å². The predicted octanol–water partition coefficient (Wildman–Crippen LogP) is 6.47. The van der Waals surface area contributed by atoms with E-state index < -0.39 is 17.7 Å². The monoisotopic (exact) mass is 503 g/mol. The van der Waals surface area contributed by atoms with E-state index in [9.17, 15) is 22.8 Å². The van der Waals surface area contributed by atoms with Crippen LogP contribution in [-0.4, -0.2) is 32.7 Å². The van der Waals surface area contributed by atoms with E-state index in [4.69, 9.17) is 33.3 Å². The number of alkyl halides is 3. The molecule has 3 rings (SSSR count). The molecule has 1 fully saturated rings. The van der Waals surface area contributed by atoms with Gasteiger partial charge in [0.25, 0.3) is 5.91 Å². The van der Waals surface area contributed by atoms with Gasteiger partial charge in [-0.1, -0.05) is 42.0 Å². The van der Waals surface area contributed by atoms with Gasteiger partial charge in [-0.15, -0.1) is 0 Å². The molecule has 1 aromatic heterocycles. The highest BCUT2D eigenvalue weighted by atomic mass is 35.5. The molecule has 11 heteroatoms. The van der Waals surface area contributed by atoms with Crippen LogP contribution in [0.15, 0.2) is 39.7 Å². The molecule has 0 atom stereocenters. The van der Waals surface area contributed by atoms with E-state index >= 15 is 0 Å². The smallest absolute Gasteiger partial charge is 0.416 e. The maximum Gasteiger partial charge on any atom is 0.416 e. The topological polar surface area (TPSA) is 70.8 Å². The molecule has 1 saturated heterocycles. The van der Waals surface area contributed by atoms with E-state index in [1.165, 1.54) is 23.1 Å². The maximum atomic E-state index is 13.0. The Balaban J connectivity index is 1.71. The lowest BCUT2D eigenvalue weighted by Gasteiger charge is -2.13. The molecular formula is C21H17ClF3NO4S2. The molecular weight excluding hydrogens is 487 g/mol. The molecule has 170 valence electrons. The van der Waals surface area contributed by atoms with Gasteiger partial charge in [0.2, 0.25) is 0 Å². The van der Waals surface area contributed by atoms with Gasteiger partial charge in [0.1, 0.15) is 15.8 Å². The summed E-state index contributed by atoms with van der Waals surface area (Å²) in [6, 6.07) is 5.97. The van der Waals surface area contributed by atoms with Crippen molar-refractivity contribution in [3.63, 3.8) is 0 Å². The van der Waals surface area contributed by atoms with Gasteiger partial charge in [0.05, 0.1) is 15.5 Å².